The summed E-state index contributed by atoms with van der Waals surface area (Å²) in [5.74, 6) is 0. The number of hydrogen-bond donors (Lipinski definition) is 0. The van der Waals surface area contributed by atoms with E-state index in [2.05, 4.69) is 13.5 Å². The average molecular weight is 242 g/mol. The SMILES string of the molecule is CCCCCCCCCCO[Si]1(C)CCC1. The number of rotatable bonds is 10. The molecule has 0 spiro atoms. The Morgan fingerprint density at radius 1 is 0.875 bits per heavy atom. The highest BCUT2D eigenvalue weighted by Gasteiger charge is 2.35. The fourth-order valence-corrected chi connectivity index (χ4v) is 4.65. The second-order valence-electron chi connectivity index (χ2n) is 5.63. The quantitative estimate of drug-likeness (QED) is 0.381. The molecule has 1 rings (SSSR count). The molecule has 0 unspecified atom stereocenters. The molecular weight excluding hydrogens is 212 g/mol. The smallest absolute Gasteiger partial charge is 0.189 e. The Bertz CT molecular complexity index is 166. The van der Waals surface area contributed by atoms with Crippen LogP contribution in [0.1, 0.15) is 64.7 Å². The van der Waals surface area contributed by atoms with Crippen LogP contribution >= 0.6 is 0 Å². The van der Waals surface area contributed by atoms with Gasteiger partial charge in [-0.25, -0.2) is 0 Å². The van der Waals surface area contributed by atoms with Crippen LogP contribution in [0.25, 0.3) is 0 Å². The maximum absolute atomic E-state index is 6.05. The van der Waals surface area contributed by atoms with Gasteiger partial charge in [0.2, 0.25) is 0 Å². The summed E-state index contributed by atoms with van der Waals surface area (Å²) in [5.41, 5.74) is 0. The monoisotopic (exact) mass is 242 g/mol. The Kier molecular flexibility index (Phi) is 7.38. The highest BCUT2D eigenvalue weighted by molar-refractivity contribution is 6.75. The van der Waals surface area contributed by atoms with E-state index in [4.69, 9.17) is 4.43 Å². The Labute approximate surface area is 103 Å². The molecule has 16 heavy (non-hydrogen) atoms. The molecule has 1 saturated heterocycles. The van der Waals surface area contributed by atoms with Crippen molar-refractivity contribution in [2.24, 2.45) is 0 Å². The van der Waals surface area contributed by atoms with Crippen molar-refractivity contribution in [3.8, 4) is 0 Å². The third kappa shape index (κ3) is 6.05. The van der Waals surface area contributed by atoms with Crippen molar-refractivity contribution in [1.82, 2.24) is 0 Å². The lowest BCUT2D eigenvalue weighted by atomic mass is 10.1. The zero-order chi connectivity index (χ0) is 11.7. The Morgan fingerprint density at radius 2 is 1.44 bits per heavy atom. The predicted molar refractivity (Wildman–Crippen MR) is 74.4 cm³/mol. The van der Waals surface area contributed by atoms with E-state index in [1.165, 1.54) is 69.9 Å². The van der Waals surface area contributed by atoms with Crippen LogP contribution in [0.3, 0.4) is 0 Å². The van der Waals surface area contributed by atoms with Gasteiger partial charge in [0.25, 0.3) is 0 Å². The van der Waals surface area contributed by atoms with Crippen LogP contribution in [0.5, 0.6) is 0 Å². The number of hydrogen-bond acceptors (Lipinski definition) is 1. The standard InChI is InChI=1S/C14H30OSi/c1-3-4-5-6-7-8-9-10-12-15-16(2)13-11-14-16/h3-14H2,1-2H3. The molecule has 0 aromatic carbocycles. The summed E-state index contributed by atoms with van der Waals surface area (Å²) in [7, 11) is -1.08. The summed E-state index contributed by atoms with van der Waals surface area (Å²) in [5, 5.41) is 0. The lowest BCUT2D eigenvalue weighted by Crippen LogP contribution is -2.41. The van der Waals surface area contributed by atoms with E-state index in [0.717, 1.165) is 6.61 Å². The van der Waals surface area contributed by atoms with Gasteiger partial charge in [-0.15, -0.1) is 0 Å². The van der Waals surface area contributed by atoms with E-state index in [1.807, 2.05) is 0 Å². The molecule has 96 valence electrons. The van der Waals surface area contributed by atoms with Gasteiger partial charge in [0.05, 0.1) is 0 Å². The summed E-state index contributed by atoms with van der Waals surface area (Å²) in [6.07, 6.45) is 12.6. The summed E-state index contributed by atoms with van der Waals surface area (Å²) in [6.45, 7) is 5.74. The van der Waals surface area contributed by atoms with Gasteiger partial charge in [-0.2, -0.15) is 0 Å². The summed E-state index contributed by atoms with van der Waals surface area (Å²) in [6, 6.07) is 2.84. The van der Waals surface area contributed by atoms with Crippen molar-refractivity contribution in [2.75, 3.05) is 6.61 Å². The van der Waals surface area contributed by atoms with E-state index >= 15 is 0 Å². The second kappa shape index (κ2) is 8.29. The lowest BCUT2D eigenvalue weighted by molar-refractivity contribution is 0.278. The van der Waals surface area contributed by atoms with E-state index in [9.17, 15) is 0 Å². The van der Waals surface area contributed by atoms with Crippen LogP contribution in [-0.2, 0) is 4.43 Å². The van der Waals surface area contributed by atoms with E-state index in [0.29, 0.717) is 0 Å². The summed E-state index contributed by atoms with van der Waals surface area (Å²) in [4.78, 5) is 0. The van der Waals surface area contributed by atoms with Gasteiger partial charge < -0.3 is 4.43 Å². The average Bonchev–Trinajstić information content (AvgIpc) is 2.24. The molecule has 0 bridgehead atoms. The highest BCUT2D eigenvalue weighted by atomic mass is 28.4. The molecule has 0 aliphatic carbocycles. The first kappa shape index (κ1) is 14.2. The maximum Gasteiger partial charge on any atom is 0.189 e. The molecule has 0 radical (unpaired) electrons. The molecule has 2 heteroatoms. The van der Waals surface area contributed by atoms with Crippen LogP contribution in [0.4, 0.5) is 0 Å². The van der Waals surface area contributed by atoms with Crippen molar-refractivity contribution in [3.63, 3.8) is 0 Å². The fraction of sp³-hybridized carbons (Fsp3) is 1.00. The zero-order valence-electron chi connectivity index (χ0n) is 11.4. The largest absolute Gasteiger partial charge is 0.417 e. The van der Waals surface area contributed by atoms with Gasteiger partial charge in [-0.1, -0.05) is 58.3 Å². The minimum Gasteiger partial charge on any atom is -0.417 e. The van der Waals surface area contributed by atoms with Gasteiger partial charge in [0.1, 0.15) is 0 Å². The molecule has 1 heterocycles. The third-order valence-corrected chi connectivity index (χ3v) is 7.58. The third-order valence-electron chi connectivity index (χ3n) is 3.86. The predicted octanol–water partition coefficient (Wildman–Crippen LogP) is 5.12. The van der Waals surface area contributed by atoms with Gasteiger partial charge >= 0.3 is 0 Å². The first-order chi connectivity index (χ1) is 7.77. The molecule has 1 nitrogen and oxygen atoms in total. The molecule has 0 N–H and O–H groups in total. The van der Waals surface area contributed by atoms with Crippen LogP contribution in [0.15, 0.2) is 0 Å². The van der Waals surface area contributed by atoms with Crippen LogP contribution in [0.2, 0.25) is 18.6 Å². The molecule has 0 aromatic rings. The summed E-state index contributed by atoms with van der Waals surface area (Å²) >= 11 is 0. The van der Waals surface area contributed by atoms with E-state index in [1.54, 1.807) is 0 Å². The minimum atomic E-state index is -1.08. The molecule has 0 saturated carbocycles. The number of unbranched alkanes of at least 4 members (excludes halogenated alkanes) is 7. The van der Waals surface area contributed by atoms with Crippen LogP contribution < -0.4 is 0 Å². The maximum atomic E-state index is 6.05. The first-order valence-corrected chi connectivity index (χ1v) is 10.2. The Balaban J connectivity index is 1.74. The van der Waals surface area contributed by atoms with Gasteiger partial charge in [0.15, 0.2) is 8.32 Å². The van der Waals surface area contributed by atoms with Crippen molar-refractivity contribution in [1.29, 1.82) is 0 Å². The van der Waals surface area contributed by atoms with Crippen molar-refractivity contribution in [3.05, 3.63) is 0 Å². The van der Waals surface area contributed by atoms with Crippen LogP contribution in [-0.4, -0.2) is 14.9 Å². The van der Waals surface area contributed by atoms with Gasteiger partial charge in [-0.05, 0) is 25.1 Å². The molecule has 1 aliphatic heterocycles. The van der Waals surface area contributed by atoms with Gasteiger partial charge in [0, 0.05) is 6.61 Å². The van der Waals surface area contributed by atoms with Crippen molar-refractivity contribution in [2.45, 2.75) is 83.3 Å². The topological polar surface area (TPSA) is 9.23 Å². The molecule has 1 aliphatic rings. The van der Waals surface area contributed by atoms with Crippen molar-refractivity contribution < 1.29 is 4.43 Å². The molecule has 0 aromatic heterocycles. The van der Waals surface area contributed by atoms with Gasteiger partial charge in [-0.3, -0.25) is 0 Å². The zero-order valence-corrected chi connectivity index (χ0v) is 12.4. The normalized spacial score (nSPS) is 18.4. The fourth-order valence-electron chi connectivity index (χ4n) is 2.37. The first-order valence-electron chi connectivity index (χ1n) is 7.41. The van der Waals surface area contributed by atoms with Crippen molar-refractivity contribution >= 4 is 8.32 Å². The molecular formula is C14H30OSi. The van der Waals surface area contributed by atoms with E-state index < -0.39 is 8.32 Å². The van der Waals surface area contributed by atoms with Crippen LogP contribution in [0, 0.1) is 0 Å². The molecule has 0 atom stereocenters. The highest BCUT2D eigenvalue weighted by Crippen LogP contribution is 2.32. The lowest BCUT2D eigenvalue weighted by Gasteiger charge is -2.35. The van der Waals surface area contributed by atoms with E-state index in [-0.39, 0.29) is 0 Å². The summed E-state index contributed by atoms with van der Waals surface area (Å²) < 4.78 is 6.05. The Morgan fingerprint density at radius 3 is 1.94 bits per heavy atom. The second-order valence-corrected chi connectivity index (χ2v) is 9.82. The minimum absolute atomic E-state index is 1.05. The molecule has 0 amide bonds. The molecule has 1 fully saturated rings. The Hall–Kier alpha value is 0.177.